The zero-order valence-corrected chi connectivity index (χ0v) is 19.7. The predicted octanol–water partition coefficient (Wildman–Crippen LogP) is 3.53. The molecule has 8 nitrogen and oxygen atoms in total. The summed E-state index contributed by atoms with van der Waals surface area (Å²) in [5, 5.41) is 2.71. The third-order valence-corrected chi connectivity index (χ3v) is 5.68. The molecule has 2 aromatic rings. The first-order valence-corrected chi connectivity index (χ1v) is 11.2. The molecule has 8 heteroatoms. The molecular formula is C26H30N2O6. The van der Waals surface area contributed by atoms with Crippen LogP contribution in [0.2, 0.25) is 0 Å². The van der Waals surface area contributed by atoms with Gasteiger partial charge in [-0.2, -0.15) is 0 Å². The van der Waals surface area contributed by atoms with Crippen molar-refractivity contribution in [2.45, 2.75) is 25.9 Å². The molecule has 0 spiro atoms. The molecule has 0 radical (unpaired) electrons. The number of nitrogens with zero attached hydrogens (tertiary/aromatic N) is 1. The molecule has 0 saturated carbocycles. The third kappa shape index (κ3) is 6.60. The molecule has 3 rings (SSSR count). The van der Waals surface area contributed by atoms with Gasteiger partial charge in [-0.1, -0.05) is 30.3 Å². The molecule has 1 aliphatic rings. The fourth-order valence-corrected chi connectivity index (χ4v) is 3.64. The van der Waals surface area contributed by atoms with Gasteiger partial charge in [0.05, 0.1) is 25.8 Å². The Morgan fingerprint density at radius 3 is 2.38 bits per heavy atom. The van der Waals surface area contributed by atoms with Crippen molar-refractivity contribution in [1.82, 2.24) is 4.90 Å². The Bertz CT molecular complexity index is 1030. The summed E-state index contributed by atoms with van der Waals surface area (Å²) in [5.74, 6) is -0.336. The van der Waals surface area contributed by atoms with Gasteiger partial charge in [-0.3, -0.25) is 14.4 Å². The maximum absolute atomic E-state index is 12.6. The first-order chi connectivity index (χ1) is 16.4. The Labute approximate surface area is 199 Å². The molecule has 180 valence electrons. The topological polar surface area (TPSA) is 94.2 Å². The van der Waals surface area contributed by atoms with Gasteiger partial charge in [-0.25, -0.2) is 0 Å². The van der Waals surface area contributed by atoms with Gasteiger partial charge in [0.1, 0.15) is 11.5 Å². The lowest BCUT2D eigenvalue weighted by Crippen LogP contribution is -2.41. The molecule has 1 unspecified atom stereocenters. The van der Waals surface area contributed by atoms with Crippen LogP contribution >= 0.6 is 0 Å². The summed E-state index contributed by atoms with van der Waals surface area (Å²) in [5.41, 5.74) is 1.37. The van der Waals surface area contributed by atoms with Gasteiger partial charge >= 0.3 is 5.97 Å². The van der Waals surface area contributed by atoms with Crippen molar-refractivity contribution >= 4 is 29.5 Å². The van der Waals surface area contributed by atoms with Crippen molar-refractivity contribution in [3.05, 3.63) is 60.2 Å². The van der Waals surface area contributed by atoms with E-state index in [2.05, 4.69) is 5.32 Å². The second-order valence-electron chi connectivity index (χ2n) is 7.98. The van der Waals surface area contributed by atoms with E-state index in [1.165, 1.54) is 21.1 Å². The molecule has 1 atom stereocenters. The number of anilines is 1. The normalized spacial score (nSPS) is 15.0. The summed E-state index contributed by atoms with van der Waals surface area (Å²) in [7, 11) is 3.02. The van der Waals surface area contributed by atoms with E-state index in [4.69, 9.17) is 14.2 Å². The molecule has 0 aliphatic carbocycles. The van der Waals surface area contributed by atoms with Crippen molar-refractivity contribution in [2.75, 3.05) is 32.6 Å². The molecule has 1 saturated heterocycles. The summed E-state index contributed by atoms with van der Waals surface area (Å²) in [4.78, 5) is 39.3. The van der Waals surface area contributed by atoms with Crippen LogP contribution in [0.3, 0.4) is 0 Å². The van der Waals surface area contributed by atoms with E-state index in [9.17, 15) is 14.4 Å². The first-order valence-electron chi connectivity index (χ1n) is 11.2. The Morgan fingerprint density at radius 1 is 1.03 bits per heavy atom. The van der Waals surface area contributed by atoms with Crippen LogP contribution in [0.15, 0.2) is 54.6 Å². The number of hydrogen-bond acceptors (Lipinski definition) is 6. The van der Waals surface area contributed by atoms with Crippen LogP contribution in [0.5, 0.6) is 11.5 Å². The zero-order valence-electron chi connectivity index (χ0n) is 19.7. The number of rotatable bonds is 8. The Hall–Kier alpha value is -3.81. The van der Waals surface area contributed by atoms with E-state index in [-0.39, 0.29) is 11.8 Å². The Balaban J connectivity index is 1.48. The summed E-state index contributed by atoms with van der Waals surface area (Å²) >= 11 is 0. The van der Waals surface area contributed by atoms with Crippen LogP contribution in [-0.2, 0) is 19.1 Å². The van der Waals surface area contributed by atoms with Gasteiger partial charge < -0.3 is 24.4 Å². The number of carbonyl (C=O) groups excluding carboxylic acids is 3. The quantitative estimate of drug-likeness (QED) is 0.473. The lowest BCUT2D eigenvalue weighted by Gasteiger charge is -2.30. The highest BCUT2D eigenvalue weighted by molar-refractivity contribution is 5.96. The average molecular weight is 467 g/mol. The van der Waals surface area contributed by atoms with Crippen molar-refractivity contribution in [3.8, 4) is 11.5 Å². The van der Waals surface area contributed by atoms with E-state index in [0.717, 1.165) is 5.56 Å². The number of hydrogen-bond donors (Lipinski definition) is 1. The highest BCUT2D eigenvalue weighted by Gasteiger charge is 2.30. The molecular weight excluding hydrogens is 436 g/mol. The van der Waals surface area contributed by atoms with Crippen molar-refractivity contribution in [2.24, 2.45) is 5.92 Å². The van der Waals surface area contributed by atoms with E-state index in [1.807, 2.05) is 30.3 Å². The number of esters is 1. The second kappa shape index (κ2) is 11.9. The van der Waals surface area contributed by atoms with Gasteiger partial charge in [-0.05, 0) is 43.5 Å². The van der Waals surface area contributed by atoms with Crippen LogP contribution in [0.25, 0.3) is 6.08 Å². The number of nitrogens with one attached hydrogen (secondary N) is 1. The predicted molar refractivity (Wildman–Crippen MR) is 129 cm³/mol. The summed E-state index contributed by atoms with van der Waals surface area (Å²) < 4.78 is 15.9. The highest BCUT2D eigenvalue weighted by Crippen LogP contribution is 2.29. The van der Waals surface area contributed by atoms with Crippen LogP contribution in [0, 0.1) is 5.92 Å². The fraction of sp³-hybridized carbons (Fsp3) is 0.346. The lowest BCUT2D eigenvalue weighted by molar-refractivity contribution is -0.159. The minimum absolute atomic E-state index is 0.0874. The number of methoxy groups -OCH3 is 2. The SMILES string of the molecule is COc1ccc(OC)c(NC(=O)C(C)OC(=O)C2CCN(C(=O)/C=C/c3ccccc3)CC2)c1. The number of likely N-dealkylation sites (tertiary alicyclic amines) is 1. The van der Waals surface area contributed by atoms with E-state index in [0.29, 0.717) is 43.1 Å². The molecule has 1 N–H and O–H groups in total. The van der Waals surface area contributed by atoms with Crippen molar-refractivity contribution in [1.29, 1.82) is 0 Å². The molecule has 2 amide bonds. The lowest BCUT2D eigenvalue weighted by atomic mass is 9.97. The van der Waals surface area contributed by atoms with Gasteiger partial charge in [0.25, 0.3) is 5.91 Å². The minimum Gasteiger partial charge on any atom is -0.497 e. The molecule has 0 aromatic heterocycles. The van der Waals surface area contributed by atoms with Gasteiger partial charge in [0.2, 0.25) is 5.91 Å². The first kappa shape index (κ1) is 24.8. The number of amides is 2. The largest absolute Gasteiger partial charge is 0.497 e. The molecule has 1 heterocycles. The minimum atomic E-state index is -0.989. The Kier molecular flexibility index (Phi) is 8.67. The highest BCUT2D eigenvalue weighted by atomic mass is 16.5. The summed E-state index contributed by atoms with van der Waals surface area (Å²) in [6.45, 7) is 2.44. The Morgan fingerprint density at radius 2 is 1.74 bits per heavy atom. The van der Waals surface area contributed by atoms with Crippen molar-refractivity contribution < 1.29 is 28.6 Å². The maximum atomic E-state index is 12.6. The van der Waals surface area contributed by atoms with Crippen LogP contribution in [-0.4, -0.2) is 56.1 Å². The summed E-state index contributed by atoms with van der Waals surface area (Å²) in [6, 6.07) is 14.6. The number of benzene rings is 2. The van der Waals surface area contributed by atoms with Crippen LogP contribution in [0.4, 0.5) is 5.69 Å². The average Bonchev–Trinajstić information content (AvgIpc) is 2.87. The van der Waals surface area contributed by atoms with Crippen LogP contribution in [0.1, 0.15) is 25.3 Å². The monoisotopic (exact) mass is 466 g/mol. The third-order valence-electron chi connectivity index (χ3n) is 5.68. The maximum Gasteiger partial charge on any atom is 0.309 e. The van der Waals surface area contributed by atoms with E-state index in [1.54, 1.807) is 35.3 Å². The molecule has 34 heavy (non-hydrogen) atoms. The van der Waals surface area contributed by atoms with Gasteiger partial charge in [0, 0.05) is 25.2 Å². The van der Waals surface area contributed by atoms with E-state index < -0.39 is 18.0 Å². The smallest absolute Gasteiger partial charge is 0.309 e. The fourth-order valence-electron chi connectivity index (χ4n) is 3.64. The summed E-state index contributed by atoms with van der Waals surface area (Å²) in [6.07, 6.45) is 3.31. The van der Waals surface area contributed by atoms with Gasteiger partial charge in [-0.15, -0.1) is 0 Å². The van der Waals surface area contributed by atoms with Crippen molar-refractivity contribution in [3.63, 3.8) is 0 Å². The van der Waals surface area contributed by atoms with Gasteiger partial charge in [0.15, 0.2) is 6.10 Å². The number of carbonyl (C=O) groups is 3. The van der Waals surface area contributed by atoms with Crippen LogP contribution < -0.4 is 14.8 Å². The number of ether oxygens (including phenoxy) is 3. The molecule has 0 bridgehead atoms. The molecule has 1 fully saturated rings. The second-order valence-corrected chi connectivity index (χ2v) is 7.98. The standard InChI is InChI=1S/C26H30N2O6/c1-18(25(30)27-22-17-21(32-2)10-11-23(22)33-3)34-26(31)20-13-15-28(16-14-20)24(29)12-9-19-7-5-4-6-8-19/h4-12,17-18,20H,13-16H2,1-3H3,(H,27,30)/b12-9+. The molecule has 2 aromatic carbocycles. The molecule has 1 aliphatic heterocycles. The van der Waals surface area contributed by atoms with E-state index >= 15 is 0 Å². The zero-order chi connectivity index (χ0) is 24.5. The number of piperidine rings is 1.